The summed E-state index contributed by atoms with van der Waals surface area (Å²) in [6.45, 7) is 1.61. The second kappa shape index (κ2) is 5.62. The molecule has 7 heteroatoms. The van der Waals surface area contributed by atoms with Crippen LogP contribution in [0.25, 0.3) is 0 Å². The number of ether oxygens (including phenoxy) is 1. The monoisotopic (exact) mass is 302 g/mol. The van der Waals surface area contributed by atoms with Gasteiger partial charge in [0.15, 0.2) is 0 Å². The molecular formula is C10H11BrN2O4. The van der Waals surface area contributed by atoms with Crippen molar-refractivity contribution in [3.05, 3.63) is 32.8 Å². The Morgan fingerprint density at radius 2 is 2.24 bits per heavy atom. The van der Waals surface area contributed by atoms with Crippen molar-refractivity contribution in [2.45, 2.75) is 13.0 Å². The number of benzene rings is 1. The quantitative estimate of drug-likeness (QED) is 0.524. The molecule has 0 aromatic heterocycles. The predicted molar refractivity (Wildman–Crippen MR) is 65.9 cm³/mol. The number of non-ortho nitro benzene ring substituents is 1. The summed E-state index contributed by atoms with van der Waals surface area (Å²) < 4.78 is 5.19. The van der Waals surface area contributed by atoms with Gasteiger partial charge in [-0.15, -0.1) is 0 Å². The average molecular weight is 303 g/mol. The van der Waals surface area contributed by atoms with E-state index >= 15 is 0 Å². The van der Waals surface area contributed by atoms with Crippen LogP contribution in [0.4, 0.5) is 11.4 Å². The summed E-state index contributed by atoms with van der Waals surface area (Å²) in [5.74, 6) is -0.441. The molecule has 0 fully saturated rings. The van der Waals surface area contributed by atoms with Gasteiger partial charge in [-0.25, -0.2) is 4.79 Å². The van der Waals surface area contributed by atoms with Gasteiger partial charge in [0.25, 0.3) is 5.69 Å². The Hall–Kier alpha value is -1.63. The Morgan fingerprint density at radius 1 is 1.59 bits per heavy atom. The second-order valence-electron chi connectivity index (χ2n) is 3.31. The standard InChI is InChI=1S/C10H11BrN2O4/c1-6(10(14)17-2)12-9-5-7(13(15)16)3-4-8(9)11/h3-6,12H,1-2H3. The fourth-order valence-electron chi connectivity index (χ4n) is 1.21. The maximum Gasteiger partial charge on any atom is 0.327 e. The zero-order chi connectivity index (χ0) is 13.0. The van der Waals surface area contributed by atoms with Crippen molar-refractivity contribution in [2.75, 3.05) is 12.4 Å². The van der Waals surface area contributed by atoms with E-state index in [1.165, 1.54) is 19.2 Å². The van der Waals surface area contributed by atoms with E-state index < -0.39 is 16.9 Å². The maximum absolute atomic E-state index is 11.2. The largest absolute Gasteiger partial charge is 0.467 e. The van der Waals surface area contributed by atoms with E-state index in [0.29, 0.717) is 10.2 Å². The number of nitrogens with zero attached hydrogens (tertiary/aromatic N) is 1. The molecule has 0 aliphatic carbocycles. The number of halogens is 1. The van der Waals surface area contributed by atoms with Crippen LogP contribution in [-0.4, -0.2) is 24.0 Å². The summed E-state index contributed by atoms with van der Waals surface area (Å²) in [6, 6.07) is 3.68. The van der Waals surface area contributed by atoms with Gasteiger partial charge in [0.2, 0.25) is 0 Å². The first-order valence-corrected chi connectivity index (χ1v) is 5.53. The van der Waals surface area contributed by atoms with E-state index in [9.17, 15) is 14.9 Å². The van der Waals surface area contributed by atoms with E-state index in [4.69, 9.17) is 0 Å². The van der Waals surface area contributed by atoms with Gasteiger partial charge in [-0.05, 0) is 28.9 Å². The van der Waals surface area contributed by atoms with Crippen LogP contribution in [0.5, 0.6) is 0 Å². The van der Waals surface area contributed by atoms with Gasteiger partial charge in [-0.3, -0.25) is 10.1 Å². The highest BCUT2D eigenvalue weighted by Crippen LogP contribution is 2.27. The van der Waals surface area contributed by atoms with Crippen molar-refractivity contribution in [3.8, 4) is 0 Å². The molecule has 1 N–H and O–H groups in total. The van der Waals surface area contributed by atoms with Crippen LogP contribution < -0.4 is 5.32 Å². The third-order valence-electron chi connectivity index (χ3n) is 2.09. The lowest BCUT2D eigenvalue weighted by atomic mass is 10.2. The molecule has 0 aliphatic heterocycles. The first-order chi connectivity index (χ1) is 7.95. The van der Waals surface area contributed by atoms with Crippen LogP contribution >= 0.6 is 15.9 Å². The number of hydrogen-bond acceptors (Lipinski definition) is 5. The van der Waals surface area contributed by atoms with Crippen molar-refractivity contribution in [1.82, 2.24) is 0 Å². The zero-order valence-electron chi connectivity index (χ0n) is 9.27. The molecule has 17 heavy (non-hydrogen) atoms. The van der Waals surface area contributed by atoms with Crippen molar-refractivity contribution in [1.29, 1.82) is 0 Å². The fourth-order valence-corrected chi connectivity index (χ4v) is 1.57. The lowest BCUT2D eigenvalue weighted by Gasteiger charge is -2.13. The molecule has 1 atom stereocenters. The topological polar surface area (TPSA) is 81.5 Å². The molecule has 0 radical (unpaired) electrons. The molecular weight excluding hydrogens is 292 g/mol. The van der Waals surface area contributed by atoms with Crippen LogP contribution in [0.3, 0.4) is 0 Å². The summed E-state index contributed by atoms with van der Waals surface area (Å²) in [7, 11) is 1.28. The maximum atomic E-state index is 11.2. The van der Waals surface area contributed by atoms with Crippen LogP contribution in [0, 0.1) is 10.1 Å². The molecule has 0 amide bonds. The normalized spacial score (nSPS) is 11.7. The molecule has 1 aromatic carbocycles. The van der Waals surface area contributed by atoms with E-state index in [1.807, 2.05) is 0 Å². The SMILES string of the molecule is COC(=O)C(C)Nc1cc([N+](=O)[O-])ccc1Br. The van der Waals surface area contributed by atoms with Crippen molar-refractivity contribution in [2.24, 2.45) is 0 Å². The van der Waals surface area contributed by atoms with Crippen molar-refractivity contribution in [3.63, 3.8) is 0 Å². The number of hydrogen-bond donors (Lipinski definition) is 1. The Labute approximate surface area is 106 Å². The third kappa shape index (κ3) is 3.42. The molecule has 0 bridgehead atoms. The Morgan fingerprint density at radius 3 is 2.76 bits per heavy atom. The van der Waals surface area contributed by atoms with Gasteiger partial charge < -0.3 is 10.1 Å². The smallest absolute Gasteiger partial charge is 0.327 e. The third-order valence-corrected chi connectivity index (χ3v) is 2.78. The minimum atomic E-state index is -0.585. The van der Waals surface area contributed by atoms with Gasteiger partial charge in [0.05, 0.1) is 17.7 Å². The highest BCUT2D eigenvalue weighted by atomic mass is 79.9. The van der Waals surface area contributed by atoms with Crippen molar-refractivity contribution >= 4 is 33.3 Å². The number of methoxy groups -OCH3 is 1. The molecule has 0 saturated heterocycles. The van der Waals surface area contributed by atoms with Crippen LogP contribution in [0.2, 0.25) is 0 Å². The number of nitro benzene ring substituents is 1. The molecule has 6 nitrogen and oxygen atoms in total. The molecule has 1 rings (SSSR count). The van der Waals surface area contributed by atoms with Gasteiger partial charge in [-0.1, -0.05) is 0 Å². The number of anilines is 1. The van der Waals surface area contributed by atoms with E-state index in [1.54, 1.807) is 13.0 Å². The highest BCUT2D eigenvalue weighted by Gasteiger charge is 2.16. The van der Waals surface area contributed by atoms with E-state index in [2.05, 4.69) is 26.0 Å². The first-order valence-electron chi connectivity index (χ1n) is 4.74. The minimum absolute atomic E-state index is 0.0484. The van der Waals surface area contributed by atoms with Gasteiger partial charge in [0.1, 0.15) is 6.04 Å². The van der Waals surface area contributed by atoms with Gasteiger partial charge in [-0.2, -0.15) is 0 Å². The Bertz CT molecular complexity index is 450. The Balaban J connectivity index is 2.93. The van der Waals surface area contributed by atoms with Crippen molar-refractivity contribution < 1.29 is 14.5 Å². The number of nitrogens with one attached hydrogen (secondary N) is 1. The number of rotatable bonds is 4. The van der Waals surface area contributed by atoms with Crippen LogP contribution in [0.15, 0.2) is 22.7 Å². The lowest BCUT2D eigenvalue weighted by Crippen LogP contribution is -2.27. The van der Waals surface area contributed by atoms with Gasteiger partial charge >= 0.3 is 5.97 Å². The van der Waals surface area contributed by atoms with Crippen LogP contribution in [-0.2, 0) is 9.53 Å². The number of carbonyl (C=O) groups excluding carboxylic acids is 1. The van der Waals surface area contributed by atoms with Gasteiger partial charge in [0, 0.05) is 16.6 Å². The lowest BCUT2D eigenvalue weighted by molar-refractivity contribution is -0.384. The first kappa shape index (κ1) is 13.4. The molecule has 0 aliphatic rings. The summed E-state index contributed by atoms with van der Waals surface area (Å²) in [4.78, 5) is 21.3. The number of esters is 1. The summed E-state index contributed by atoms with van der Waals surface area (Å²) in [5.41, 5.74) is 0.421. The minimum Gasteiger partial charge on any atom is -0.467 e. The fraction of sp³-hybridized carbons (Fsp3) is 0.300. The molecule has 0 spiro atoms. The molecule has 0 heterocycles. The number of nitro groups is 1. The molecule has 1 unspecified atom stereocenters. The molecule has 1 aromatic rings. The van der Waals surface area contributed by atoms with E-state index in [0.717, 1.165) is 0 Å². The van der Waals surface area contributed by atoms with E-state index in [-0.39, 0.29) is 5.69 Å². The summed E-state index contributed by atoms with van der Waals surface area (Å²) >= 11 is 3.24. The molecule has 0 saturated carbocycles. The Kier molecular flexibility index (Phi) is 4.45. The summed E-state index contributed by atoms with van der Waals surface area (Å²) in [6.07, 6.45) is 0. The zero-order valence-corrected chi connectivity index (χ0v) is 10.9. The average Bonchev–Trinajstić information content (AvgIpc) is 2.30. The van der Waals surface area contributed by atoms with Crippen LogP contribution in [0.1, 0.15) is 6.92 Å². The second-order valence-corrected chi connectivity index (χ2v) is 4.16. The summed E-state index contributed by atoms with van der Waals surface area (Å²) in [5, 5.41) is 13.4. The highest BCUT2D eigenvalue weighted by molar-refractivity contribution is 9.10. The predicted octanol–water partition coefficient (Wildman–Crippen LogP) is 2.33. The molecule has 92 valence electrons. The number of carbonyl (C=O) groups is 1.